The lowest BCUT2D eigenvalue weighted by atomic mass is 10.2. The van der Waals surface area contributed by atoms with Crippen molar-refractivity contribution in [2.45, 2.75) is 23.6 Å². The molecule has 0 aliphatic rings. The highest BCUT2D eigenvalue weighted by Crippen LogP contribution is 2.19. The summed E-state index contributed by atoms with van der Waals surface area (Å²) in [4.78, 5) is 0.603. The van der Waals surface area contributed by atoms with Gasteiger partial charge in [-0.3, -0.25) is 0 Å². The van der Waals surface area contributed by atoms with E-state index in [1.54, 1.807) is 54.6 Å². The minimum Gasteiger partial charge on any atom is -0.491 e. The fourth-order valence-corrected chi connectivity index (χ4v) is 6.49. The summed E-state index contributed by atoms with van der Waals surface area (Å²) in [5.41, 5.74) is 2.02. The summed E-state index contributed by atoms with van der Waals surface area (Å²) in [6, 6.07) is 20.9. The van der Waals surface area contributed by atoms with Crippen LogP contribution in [0.2, 0.25) is 0 Å². The van der Waals surface area contributed by atoms with E-state index in [1.165, 1.54) is 0 Å². The predicted molar refractivity (Wildman–Crippen MR) is 189 cm³/mol. The van der Waals surface area contributed by atoms with Gasteiger partial charge in [-0.1, -0.05) is 41.5 Å². The van der Waals surface area contributed by atoms with Crippen molar-refractivity contribution >= 4 is 19.7 Å². The van der Waals surface area contributed by atoms with Gasteiger partial charge in [0.05, 0.1) is 101 Å². The van der Waals surface area contributed by atoms with Gasteiger partial charge in [0.25, 0.3) is 0 Å². The van der Waals surface area contributed by atoms with Crippen molar-refractivity contribution in [1.29, 1.82) is 0 Å². The van der Waals surface area contributed by atoms with Crippen molar-refractivity contribution < 1.29 is 54.7 Å². The summed E-state index contributed by atoms with van der Waals surface area (Å²) in [6.45, 7) is 8.41. The molecule has 0 spiro atoms. The molecule has 0 amide bonds. The lowest BCUT2D eigenvalue weighted by Crippen LogP contribution is -2.16. The van der Waals surface area contributed by atoms with Crippen LogP contribution >= 0.6 is 0 Å². The van der Waals surface area contributed by atoms with Gasteiger partial charge in [0, 0.05) is 6.07 Å². The van der Waals surface area contributed by atoms with E-state index < -0.39 is 19.7 Å². The summed E-state index contributed by atoms with van der Waals surface area (Å²) in [6.07, 6.45) is 0. The Bertz CT molecular complexity index is 1450. The molecule has 0 atom stereocenters. The Balaban J connectivity index is 1.09. The van der Waals surface area contributed by atoms with Crippen LogP contribution in [0.25, 0.3) is 0 Å². The highest BCUT2D eigenvalue weighted by atomic mass is 32.2. The monoisotopic (exact) mass is 738 g/mol. The SMILES string of the molecule is Cc1ccc(S(=O)(=O)CCOCCOCCOCCOc2cccc(OCCOCCOCCOCCS(=O)(=O)c3ccc(C)cc3)c2)cc1. The van der Waals surface area contributed by atoms with Crippen molar-refractivity contribution in [3.8, 4) is 11.5 Å². The van der Waals surface area contributed by atoms with Crippen LogP contribution < -0.4 is 9.47 Å². The first-order valence-electron chi connectivity index (χ1n) is 16.6. The quantitative estimate of drug-likeness (QED) is 0.0991. The zero-order valence-electron chi connectivity index (χ0n) is 29.0. The van der Waals surface area contributed by atoms with Crippen molar-refractivity contribution in [1.82, 2.24) is 0 Å². The third-order valence-corrected chi connectivity index (χ3v) is 10.4. The highest BCUT2D eigenvalue weighted by Gasteiger charge is 2.14. The number of hydrogen-bond acceptors (Lipinski definition) is 12. The fourth-order valence-electron chi connectivity index (χ4n) is 4.24. The molecular formula is C36H50O12S2. The van der Waals surface area contributed by atoms with Crippen molar-refractivity contribution in [2.75, 3.05) is 104 Å². The first-order valence-corrected chi connectivity index (χ1v) is 19.9. The molecule has 0 aliphatic heterocycles. The zero-order valence-corrected chi connectivity index (χ0v) is 30.6. The van der Waals surface area contributed by atoms with Crippen molar-refractivity contribution in [3.05, 3.63) is 83.9 Å². The van der Waals surface area contributed by atoms with E-state index in [0.717, 1.165) is 11.1 Å². The maximum Gasteiger partial charge on any atom is 0.180 e. The third-order valence-electron chi connectivity index (χ3n) is 7.04. The maximum atomic E-state index is 12.3. The Kier molecular flexibility index (Phi) is 19.4. The zero-order chi connectivity index (χ0) is 35.9. The Morgan fingerprint density at radius 3 is 1.04 bits per heavy atom. The molecule has 0 unspecified atom stereocenters. The van der Waals surface area contributed by atoms with E-state index in [-0.39, 0.29) is 24.7 Å². The first kappa shape index (κ1) is 41.3. The van der Waals surface area contributed by atoms with Gasteiger partial charge in [-0.2, -0.15) is 0 Å². The summed E-state index contributed by atoms with van der Waals surface area (Å²) in [5, 5.41) is 0. The number of ether oxygens (including phenoxy) is 8. The molecule has 0 saturated heterocycles. The Morgan fingerprint density at radius 1 is 0.400 bits per heavy atom. The number of rotatable bonds is 28. The highest BCUT2D eigenvalue weighted by molar-refractivity contribution is 7.91. The van der Waals surface area contributed by atoms with E-state index in [0.29, 0.717) is 101 Å². The molecule has 278 valence electrons. The third kappa shape index (κ3) is 17.2. The molecule has 12 nitrogen and oxygen atoms in total. The summed E-state index contributed by atoms with van der Waals surface area (Å²) >= 11 is 0. The lowest BCUT2D eigenvalue weighted by Gasteiger charge is -2.11. The van der Waals surface area contributed by atoms with E-state index >= 15 is 0 Å². The molecule has 14 heteroatoms. The van der Waals surface area contributed by atoms with Gasteiger partial charge < -0.3 is 37.9 Å². The Hall–Kier alpha value is -3.08. The standard InChI is InChI=1S/C36H50O12S2/c1-31-6-10-35(11-7-31)49(37,38)28-26-45-20-18-41-14-16-43-22-24-47-33-4-3-5-34(30-33)48-25-23-44-17-15-42-19-21-46-27-29-50(39,40)36-12-8-32(2)9-13-36/h3-13,30H,14-29H2,1-2H3. The molecule has 3 aromatic carbocycles. The van der Waals surface area contributed by atoms with Gasteiger partial charge in [0.2, 0.25) is 0 Å². The average molecular weight is 739 g/mol. The van der Waals surface area contributed by atoms with E-state index in [2.05, 4.69) is 0 Å². The second kappa shape index (κ2) is 23.4. The number of hydrogen-bond donors (Lipinski definition) is 0. The van der Waals surface area contributed by atoms with Crippen LogP contribution in [0.4, 0.5) is 0 Å². The molecule has 0 heterocycles. The first-order chi connectivity index (χ1) is 24.2. The van der Waals surface area contributed by atoms with Crippen LogP contribution in [0.1, 0.15) is 11.1 Å². The van der Waals surface area contributed by atoms with Crippen molar-refractivity contribution in [2.24, 2.45) is 0 Å². The topological polar surface area (TPSA) is 142 Å². The molecule has 0 bridgehead atoms. The number of benzene rings is 3. The maximum absolute atomic E-state index is 12.3. The van der Waals surface area contributed by atoms with Gasteiger partial charge in [0.15, 0.2) is 19.7 Å². The molecule has 0 aliphatic carbocycles. The normalized spacial score (nSPS) is 11.9. The van der Waals surface area contributed by atoms with Gasteiger partial charge in [-0.25, -0.2) is 16.8 Å². The smallest absolute Gasteiger partial charge is 0.180 e. The van der Waals surface area contributed by atoms with Gasteiger partial charge in [-0.05, 0) is 50.2 Å². The molecule has 50 heavy (non-hydrogen) atoms. The molecular weight excluding hydrogens is 689 g/mol. The molecule has 0 radical (unpaired) electrons. The van der Waals surface area contributed by atoms with E-state index in [4.69, 9.17) is 37.9 Å². The van der Waals surface area contributed by atoms with Crippen LogP contribution in [0.3, 0.4) is 0 Å². The molecule has 0 fully saturated rings. The van der Waals surface area contributed by atoms with Crippen LogP contribution in [-0.2, 0) is 48.1 Å². The molecule has 0 saturated carbocycles. The molecule has 0 aromatic heterocycles. The number of sulfone groups is 2. The molecule has 0 N–H and O–H groups in total. The summed E-state index contributed by atoms with van der Waals surface area (Å²) in [5.74, 6) is 1.17. The van der Waals surface area contributed by atoms with Crippen molar-refractivity contribution in [3.63, 3.8) is 0 Å². The Morgan fingerprint density at radius 2 is 0.700 bits per heavy atom. The lowest BCUT2D eigenvalue weighted by molar-refractivity contribution is 0.0112. The summed E-state index contributed by atoms with van der Waals surface area (Å²) < 4.78 is 93.5. The second-order valence-electron chi connectivity index (χ2n) is 11.1. The van der Waals surface area contributed by atoms with E-state index in [1.807, 2.05) is 32.0 Å². The molecule has 3 rings (SSSR count). The average Bonchev–Trinajstić information content (AvgIpc) is 3.09. The van der Waals surface area contributed by atoms with Crippen LogP contribution in [0.5, 0.6) is 11.5 Å². The molecule has 3 aromatic rings. The largest absolute Gasteiger partial charge is 0.491 e. The predicted octanol–water partition coefficient (Wildman–Crippen LogP) is 4.11. The minimum atomic E-state index is -3.36. The van der Waals surface area contributed by atoms with Crippen LogP contribution in [0.15, 0.2) is 82.6 Å². The van der Waals surface area contributed by atoms with Gasteiger partial charge in [-0.15, -0.1) is 0 Å². The Labute approximate surface area is 296 Å². The number of aryl methyl sites for hydroxylation is 2. The van der Waals surface area contributed by atoms with Gasteiger partial charge in [0.1, 0.15) is 24.7 Å². The second-order valence-corrected chi connectivity index (χ2v) is 15.3. The van der Waals surface area contributed by atoms with Gasteiger partial charge >= 0.3 is 0 Å². The summed E-state index contributed by atoms with van der Waals surface area (Å²) in [7, 11) is -6.72. The fraction of sp³-hybridized carbons (Fsp3) is 0.500. The van der Waals surface area contributed by atoms with E-state index in [9.17, 15) is 16.8 Å². The van der Waals surface area contributed by atoms with Crippen LogP contribution in [-0.4, -0.2) is 121 Å². The minimum absolute atomic E-state index is 0.0756. The van der Waals surface area contributed by atoms with Crippen LogP contribution in [0, 0.1) is 13.8 Å².